The van der Waals surface area contributed by atoms with Gasteiger partial charge in [0, 0.05) is 5.69 Å². The van der Waals surface area contributed by atoms with Gasteiger partial charge in [-0.3, -0.25) is 4.79 Å². The molecular weight excluding hydrogens is 309 g/mol. The summed E-state index contributed by atoms with van der Waals surface area (Å²) in [5, 5.41) is 2.20. The number of hydrogen-bond acceptors (Lipinski definition) is 3. The Morgan fingerprint density at radius 1 is 1.29 bits per heavy atom. The molecule has 0 spiro atoms. The van der Waals surface area contributed by atoms with Crippen LogP contribution in [0.5, 0.6) is 0 Å². The first-order chi connectivity index (χ1) is 9.64. The fourth-order valence-electron chi connectivity index (χ4n) is 1.49. The van der Waals surface area contributed by atoms with E-state index in [0.29, 0.717) is 6.42 Å². The van der Waals surface area contributed by atoms with E-state index in [1.54, 1.807) is 6.92 Å². The number of carbonyl (C=O) groups is 1. The molecule has 0 saturated heterocycles. The third kappa shape index (κ3) is 6.13. The Kier molecular flexibility index (Phi) is 5.73. The van der Waals surface area contributed by atoms with Crippen molar-refractivity contribution in [2.24, 2.45) is 0 Å². The number of nitrogens with one attached hydrogen (secondary N) is 2. The number of sulfonamides is 1. The highest BCUT2D eigenvalue weighted by molar-refractivity contribution is 7.89. The Labute approximate surface area is 120 Å². The quantitative estimate of drug-likeness (QED) is 0.840. The van der Waals surface area contributed by atoms with Gasteiger partial charge in [-0.25, -0.2) is 13.1 Å². The number of amides is 1. The van der Waals surface area contributed by atoms with Crippen LogP contribution >= 0.6 is 0 Å². The lowest BCUT2D eigenvalue weighted by Crippen LogP contribution is -2.34. The van der Waals surface area contributed by atoms with Gasteiger partial charge >= 0.3 is 6.18 Å². The zero-order valence-electron chi connectivity index (χ0n) is 11.2. The molecule has 1 aromatic carbocycles. The number of benzene rings is 1. The standard InChI is InChI=1S/C12H15F3N2O3S/c1-2-6-21(19,20)16-8-11(18)17-10-5-3-4-9(7-10)12(13,14)15/h3-5,7,16H,2,6,8H2,1H3,(H,17,18). The molecule has 21 heavy (non-hydrogen) atoms. The van der Waals surface area contributed by atoms with Crippen LogP contribution in [0.1, 0.15) is 18.9 Å². The summed E-state index contributed by atoms with van der Waals surface area (Å²) in [6, 6.07) is 4.09. The molecule has 9 heteroatoms. The van der Waals surface area contributed by atoms with Crippen molar-refractivity contribution in [3.63, 3.8) is 0 Å². The van der Waals surface area contributed by atoms with Crippen molar-refractivity contribution < 1.29 is 26.4 Å². The normalized spacial score (nSPS) is 12.2. The molecule has 1 rings (SSSR count). The van der Waals surface area contributed by atoms with Gasteiger partial charge < -0.3 is 5.32 Å². The molecule has 1 aromatic rings. The van der Waals surface area contributed by atoms with E-state index in [0.717, 1.165) is 18.2 Å². The van der Waals surface area contributed by atoms with Crippen LogP contribution in [0.15, 0.2) is 24.3 Å². The Morgan fingerprint density at radius 2 is 1.95 bits per heavy atom. The molecule has 0 aliphatic carbocycles. The van der Waals surface area contributed by atoms with Crippen LogP contribution in [0.4, 0.5) is 18.9 Å². The maximum atomic E-state index is 12.5. The molecule has 0 aliphatic heterocycles. The second kappa shape index (κ2) is 6.90. The lowest BCUT2D eigenvalue weighted by molar-refractivity contribution is -0.137. The number of rotatable bonds is 6. The van der Waals surface area contributed by atoms with Crippen LogP contribution in [0, 0.1) is 0 Å². The molecule has 2 N–H and O–H groups in total. The first-order valence-corrected chi connectivity index (χ1v) is 7.74. The zero-order chi connectivity index (χ0) is 16.1. The van der Waals surface area contributed by atoms with E-state index in [-0.39, 0.29) is 11.4 Å². The number of anilines is 1. The Hall–Kier alpha value is -1.61. The van der Waals surface area contributed by atoms with Crippen molar-refractivity contribution in [1.82, 2.24) is 4.72 Å². The summed E-state index contributed by atoms with van der Waals surface area (Å²) in [7, 11) is -3.54. The molecule has 5 nitrogen and oxygen atoms in total. The average molecular weight is 324 g/mol. The van der Waals surface area contributed by atoms with Gasteiger partial charge in [-0.2, -0.15) is 13.2 Å². The number of halogens is 3. The van der Waals surface area contributed by atoms with E-state index in [9.17, 15) is 26.4 Å². The minimum absolute atomic E-state index is 0.0514. The molecule has 1 amide bonds. The van der Waals surface area contributed by atoms with Crippen molar-refractivity contribution >= 4 is 21.6 Å². The Morgan fingerprint density at radius 3 is 2.52 bits per heavy atom. The van der Waals surface area contributed by atoms with Crippen LogP contribution in [0.25, 0.3) is 0 Å². The maximum absolute atomic E-state index is 12.5. The highest BCUT2D eigenvalue weighted by atomic mass is 32.2. The predicted octanol–water partition coefficient (Wildman–Crippen LogP) is 1.97. The molecule has 0 unspecified atom stereocenters. The third-order valence-corrected chi connectivity index (χ3v) is 3.93. The largest absolute Gasteiger partial charge is 0.416 e. The van der Waals surface area contributed by atoms with Gasteiger partial charge in [-0.15, -0.1) is 0 Å². The maximum Gasteiger partial charge on any atom is 0.416 e. The number of carbonyl (C=O) groups excluding carboxylic acids is 1. The highest BCUT2D eigenvalue weighted by Gasteiger charge is 2.30. The molecule has 0 saturated carbocycles. The van der Waals surface area contributed by atoms with E-state index in [4.69, 9.17) is 0 Å². The second-order valence-corrected chi connectivity index (χ2v) is 6.19. The first-order valence-electron chi connectivity index (χ1n) is 6.08. The van der Waals surface area contributed by atoms with Gasteiger partial charge in [0.15, 0.2) is 0 Å². The Bertz CT molecular complexity index is 600. The highest BCUT2D eigenvalue weighted by Crippen LogP contribution is 2.30. The van der Waals surface area contributed by atoms with Crippen molar-refractivity contribution in [2.45, 2.75) is 19.5 Å². The van der Waals surface area contributed by atoms with Crippen molar-refractivity contribution in [3.05, 3.63) is 29.8 Å². The molecule has 0 heterocycles. The molecule has 0 aliphatic rings. The van der Waals surface area contributed by atoms with E-state index >= 15 is 0 Å². The number of hydrogen-bond donors (Lipinski definition) is 2. The van der Waals surface area contributed by atoms with Crippen LogP contribution in [0.3, 0.4) is 0 Å². The lowest BCUT2D eigenvalue weighted by Gasteiger charge is -2.10. The smallest absolute Gasteiger partial charge is 0.325 e. The SMILES string of the molecule is CCCS(=O)(=O)NCC(=O)Nc1cccc(C(F)(F)F)c1. The fourth-order valence-corrected chi connectivity index (χ4v) is 2.53. The average Bonchev–Trinajstić information content (AvgIpc) is 2.36. The first kappa shape index (κ1) is 17.4. The minimum Gasteiger partial charge on any atom is -0.325 e. The molecule has 0 aromatic heterocycles. The molecule has 0 bridgehead atoms. The van der Waals surface area contributed by atoms with Gasteiger partial charge in [-0.05, 0) is 24.6 Å². The third-order valence-electron chi connectivity index (χ3n) is 2.40. The van der Waals surface area contributed by atoms with Crippen LogP contribution in [-0.2, 0) is 21.0 Å². The van der Waals surface area contributed by atoms with Crippen LogP contribution < -0.4 is 10.0 Å². The summed E-state index contributed by atoms with van der Waals surface area (Å²) in [4.78, 5) is 11.5. The monoisotopic (exact) mass is 324 g/mol. The summed E-state index contributed by atoms with van der Waals surface area (Å²) < 4.78 is 62.2. The van der Waals surface area contributed by atoms with Crippen molar-refractivity contribution in [1.29, 1.82) is 0 Å². The van der Waals surface area contributed by atoms with Crippen LogP contribution in [0.2, 0.25) is 0 Å². The van der Waals surface area contributed by atoms with Crippen molar-refractivity contribution in [2.75, 3.05) is 17.6 Å². The zero-order valence-corrected chi connectivity index (χ0v) is 12.0. The topological polar surface area (TPSA) is 75.3 Å². The fraction of sp³-hybridized carbons (Fsp3) is 0.417. The lowest BCUT2D eigenvalue weighted by atomic mass is 10.2. The molecular formula is C12H15F3N2O3S. The number of alkyl halides is 3. The van der Waals surface area contributed by atoms with E-state index in [2.05, 4.69) is 10.0 Å². The summed E-state index contributed by atoms with van der Waals surface area (Å²) in [5.41, 5.74) is -0.948. The van der Waals surface area contributed by atoms with Crippen molar-refractivity contribution in [3.8, 4) is 0 Å². The van der Waals surface area contributed by atoms with Gasteiger partial charge in [0.1, 0.15) is 0 Å². The molecule has 0 fully saturated rings. The van der Waals surface area contributed by atoms with E-state index in [1.807, 2.05) is 0 Å². The van der Waals surface area contributed by atoms with Gasteiger partial charge in [0.25, 0.3) is 0 Å². The molecule has 0 radical (unpaired) electrons. The summed E-state index contributed by atoms with van der Waals surface area (Å²) in [5.74, 6) is -0.863. The Balaban J connectivity index is 2.64. The van der Waals surface area contributed by atoms with Gasteiger partial charge in [0.05, 0.1) is 17.9 Å². The molecule has 0 atom stereocenters. The summed E-state index contributed by atoms with van der Waals surface area (Å²) >= 11 is 0. The minimum atomic E-state index is -4.51. The summed E-state index contributed by atoms with van der Waals surface area (Å²) in [6.07, 6.45) is -4.12. The van der Waals surface area contributed by atoms with E-state index in [1.165, 1.54) is 6.07 Å². The molecule has 118 valence electrons. The predicted molar refractivity (Wildman–Crippen MR) is 72.2 cm³/mol. The second-order valence-electron chi connectivity index (χ2n) is 4.27. The van der Waals surface area contributed by atoms with E-state index < -0.39 is 34.2 Å². The summed E-state index contributed by atoms with van der Waals surface area (Å²) in [6.45, 7) is 1.14. The van der Waals surface area contributed by atoms with Gasteiger partial charge in [0.2, 0.25) is 15.9 Å². The van der Waals surface area contributed by atoms with Crippen LogP contribution in [-0.4, -0.2) is 26.6 Å². The van der Waals surface area contributed by atoms with Gasteiger partial charge in [-0.1, -0.05) is 13.0 Å².